The second kappa shape index (κ2) is 12.5. The highest BCUT2D eigenvalue weighted by atomic mass is 16.6. The number of hydrogen-bond acceptors (Lipinski definition) is 9. The zero-order valence-corrected chi connectivity index (χ0v) is 26.5. The number of Topliss-reactive ketones (excluding diaryl/α,β-unsaturated/α-hetero) is 1. The van der Waals surface area contributed by atoms with Crippen LogP contribution in [0.5, 0.6) is 0 Å². The number of hydrogen-bond donors (Lipinski definition) is 0. The molecule has 0 amide bonds. The van der Waals surface area contributed by atoms with E-state index in [0.717, 1.165) is 5.56 Å². The molecule has 9 nitrogen and oxygen atoms in total. The standard InChI is InChI=1S/C35H42O9/c1-19-26-16-25-17-27(39)20(2)31(34(25,6)7)32(42-22(4)37)33(43-23(5)38)35(26,8)29(41-21(3)36)18-28(19)44-30(40)15-14-24-12-10-9-11-13-24/h9-15,25-26,28-29,32-33H,1,16-18H2,2-8H3/t25-,26+,28-,29-,32+,33-,35+/m0/s1. The first-order valence-electron chi connectivity index (χ1n) is 15.0. The van der Waals surface area contributed by atoms with Crippen molar-refractivity contribution in [1.82, 2.24) is 0 Å². The summed E-state index contributed by atoms with van der Waals surface area (Å²) in [6.07, 6.45) is -0.379. The van der Waals surface area contributed by atoms with Crippen molar-refractivity contribution < 1.29 is 42.9 Å². The lowest BCUT2D eigenvalue weighted by atomic mass is 9.49. The van der Waals surface area contributed by atoms with Crippen molar-refractivity contribution in [3.05, 3.63) is 65.3 Å². The number of ether oxygens (including phenoxy) is 4. The van der Waals surface area contributed by atoms with Crippen LogP contribution in [0.1, 0.15) is 73.3 Å². The van der Waals surface area contributed by atoms with E-state index in [9.17, 15) is 24.0 Å². The summed E-state index contributed by atoms with van der Waals surface area (Å²) in [5.41, 5.74) is 0.615. The minimum atomic E-state index is -1.17. The van der Waals surface area contributed by atoms with Gasteiger partial charge in [-0.25, -0.2) is 4.79 Å². The Hall–Kier alpha value is -4.01. The average molecular weight is 607 g/mol. The number of allylic oxidation sites excluding steroid dienone is 1. The summed E-state index contributed by atoms with van der Waals surface area (Å²) >= 11 is 0. The monoisotopic (exact) mass is 606 g/mol. The van der Waals surface area contributed by atoms with E-state index < -0.39 is 65.0 Å². The third kappa shape index (κ3) is 6.28. The van der Waals surface area contributed by atoms with Gasteiger partial charge < -0.3 is 18.9 Å². The Labute approximate surface area is 258 Å². The van der Waals surface area contributed by atoms with Gasteiger partial charge in [-0.1, -0.05) is 57.7 Å². The fourth-order valence-electron chi connectivity index (χ4n) is 7.51. The fraction of sp³-hybridized carbons (Fsp3) is 0.514. The smallest absolute Gasteiger partial charge is 0.331 e. The Balaban J connectivity index is 1.86. The minimum absolute atomic E-state index is 0.0475. The molecule has 3 aliphatic rings. The average Bonchev–Trinajstić information content (AvgIpc) is 2.93. The van der Waals surface area contributed by atoms with E-state index in [-0.39, 0.29) is 24.5 Å². The highest BCUT2D eigenvalue weighted by Gasteiger charge is 2.64. The summed E-state index contributed by atoms with van der Waals surface area (Å²) in [5, 5.41) is 0. The molecule has 0 N–H and O–H groups in total. The van der Waals surface area contributed by atoms with Crippen molar-refractivity contribution in [2.45, 2.75) is 92.1 Å². The zero-order chi connectivity index (χ0) is 32.6. The third-order valence-corrected chi connectivity index (χ3v) is 9.76. The summed E-state index contributed by atoms with van der Waals surface area (Å²) in [4.78, 5) is 64.2. The summed E-state index contributed by atoms with van der Waals surface area (Å²) in [6, 6.07) is 9.29. The molecule has 7 atom stereocenters. The van der Waals surface area contributed by atoms with Gasteiger partial charge >= 0.3 is 23.9 Å². The van der Waals surface area contributed by atoms with E-state index in [2.05, 4.69) is 6.58 Å². The molecular weight excluding hydrogens is 564 g/mol. The van der Waals surface area contributed by atoms with E-state index >= 15 is 0 Å². The molecular formula is C35H42O9. The third-order valence-electron chi connectivity index (χ3n) is 9.76. The molecule has 0 saturated heterocycles. The van der Waals surface area contributed by atoms with Gasteiger partial charge in [-0.05, 0) is 59.0 Å². The van der Waals surface area contributed by atoms with Gasteiger partial charge in [0, 0.05) is 39.7 Å². The van der Waals surface area contributed by atoms with Crippen LogP contribution in [0.4, 0.5) is 0 Å². The largest absolute Gasteiger partial charge is 0.462 e. The minimum Gasteiger partial charge on any atom is -0.462 e. The van der Waals surface area contributed by atoms with Gasteiger partial charge in [-0.2, -0.15) is 0 Å². The molecule has 1 aromatic rings. The number of carbonyl (C=O) groups is 5. The van der Waals surface area contributed by atoms with Gasteiger partial charge in [0.1, 0.15) is 12.2 Å². The van der Waals surface area contributed by atoms with E-state index in [1.165, 1.54) is 26.8 Å². The summed E-state index contributed by atoms with van der Waals surface area (Å²) in [5.74, 6) is -3.29. The van der Waals surface area contributed by atoms with Crippen LogP contribution in [0.2, 0.25) is 0 Å². The van der Waals surface area contributed by atoms with Gasteiger partial charge in [0.05, 0.1) is 5.41 Å². The number of fused-ring (bicyclic) bond motifs is 3. The van der Waals surface area contributed by atoms with Crippen LogP contribution < -0.4 is 0 Å². The SMILES string of the molecule is C=C1[C@@H](OC(=O)C=Cc2ccccc2)C[C@H](OC(C)=O)[C@@]2(C)[C@@H]1C[C@H]1CC(=O)C(C)=C([C@@H](OC(C)=O)[C@@H]2OC(C)=O)C1(C)C. The molecule has 44 heavy (non-hydrogen) atoms. The molecule has 2 saturated carbocycles. The highest BCUT2D eigenvalue weighted by Crippen LogP contribution is 2.60. The number of ketones is 1. The lowest BCUT2D eigenvalue weighted by Crippen LogP contribution is -2.64. The molecule has 0 heterocycles. The molecule has 3 aliphatic carbocycles. The van der Waals surface area contributed by atoms with Crippen LogP contribution in [0.25, 0.3) is 6.08 Å². The molecule has 0 spiro atoms. The molecule has 4 rings (SSSR count). The number of benzene rings is 1. The van der Waals surface area contributed by atoms with Gasteiger partial charge in [-0.3, -0.25) is 19.2 Å². The first-order valence-corrected chi connectivity index (χ1v) is 15.0. The molecule has 236 valence electrons. The topological polar surface area (TPSA) is 122 Å². The van der Waals surface area contributed by atoms with Gasteiger partial charge in [0.25, 0.3) is 0 Å². The Morgan fingerprint density at radius 1 is 0.886 bits per heavy atom. The van der Waals surface area contributed by atoms with E-state index in [4.69, 9.17) is 18.9 Å². The van der Waals surface area contributed by atoms with Crippen molar-refractivity contribution in [3.8, 4) is 0 Å². The predicted octanol–water partition coefficient (Wildman–Crippen LogP) is 5.32. The maximum atomic E-state index is 13.4. The van der Waals surface area contributed by atoms with Crippen molar-refractivity contribution >= 4 is 35.7 Å². The van der Waals surface area contributed by atoms with E-state index in [1.54, 1.807) is 13.0 Å². The van der Waals surface area contributed by atoms with Crippen LogP contribution >= 0.6 is 0 Å². The van der Waals surface area contributed by atoms with Crippen LogP contribution in [0.15, 0.2) is 59.7 Å². The number of carbonyl (C=O) groups excluding carboxylic acids is 5. The number of rotatable bonds is 6. The first kappa shape index (κ1) is 32.9. The lowest BCUT2D eigenvalue weighted by molar-refractivity contribution is -0.211. The van der Waals surface area contributed by atoms with Crippen LogP contribution in [0, 0.1) is 22.7 Å². The van der Waals surface area contributed by atoms with Crippen LogP contribution in [0.3, 0.4) is 0 Å². The zero-order valence-electron chi connectivity index (χ0n) is 26.5. The van der Waals surface area contributed by atoms with Gasteiger partial charge in [0.15, 0.2) is 18.0 Å². The molecule has 0 unspecified atom stereocenters. The maximum absolute atomic E-state index is 13.4. The second-order valence-electron chi connectivity index (χ2n) is 12.9. The van der Waals surface area contributed by atoms with Crippen molar-refractivity contribution in [2.75, 3.05) is 0 Å². The van der Waals surface area contributed by atoms with E-state index in [0.29, 0.717) is 23.1 Å². The van der Waals surface area contributed by atoms with Gasteiger partial charge in [-0.15, -0.1) is 0 Å². The van der Waals surface area contributed by atoms with Crippen molar-refractivity contribution in [2.24, 2.45) is 22.7 Å². The Morgan fingerprint density at radius 3 is 2.09 bits per heavy atom. The molecule has 0 aliphatic heterocycles. The van der Waals surface area contributed by atoms with Crippen LogP contribution in [-0.4, -0.2) is 54.1 Å². The summed E-state index contributed by atoms with van der Waals surface area (Å²) < 4.78 is 23.8. The molecule has 2 bridgehead atoms. The first-order chi connectivity index (χ1) is 20.6. The molecule has 0 radical (unpaired) electrons. The Kier molecular flexibility index (Phi) is 9.37. The summed E-state index contributed by atoms with van der Waals surface area (Å²) in [7, 11) is 0. The van der Waals surface area contributed by atoms with Crippen LogP contribution in [-0.2, 0) is 42.9 Å². The quantitative estimate of drug-likeness (QED) is 0.183. The molecule has 1 aromatic carbocycles. The fourth-order valence-corrected chi connectivity index (χ4v) is 7.51. The van der Waals surface area contributed by atoms with E-state index in [1.807, 2.05) is 51.1 Å². The Bertz CT molecular complexity index is 1420. The number of esters is 4. The second-order valence-corrected chi connectivity index (χ2v) is 12.9. The lowest BCUT2D eigenvalue weighted by Gasteiger charge is -2.59. The normalized spacial score (nSPS) is 31.3. The van der Waals surface area contributed by atoms with Crippen molar-refractivity contribution in [1.29, 1.82) is 0 Å². The highest BCUT2D eigenvalue weighted by molar-refractivity contribution is 5.97. The molecule has 9 heteroatoms. The summed E-state index contributed by atoms with van der Waals surface area (Å²) in [6.45, 7) is 15.7. The molecule has 0 aromatic heterocycles. The van der Waals surface area contributed by atoms with Gasteiger partial charge in [0.2, 0.25) is 0 Å². The molecule has 2 fully saturated rings. The predicted molar refractivity (Wildman–Crippen MR) is 162 cm³/mol. The van der Waals surface area contributed by atoms with Crippen molar-refractivity contribution in [3.63, 3.8) is 0 Å². The Morgan fingerprint density at radius 2 is 1.50 bits per heavy atom. The maximum Gasteiger partial charge on any atom is 0.331 e.